The molecule has 2 heterocycles. The number of aryl methyl sites for hydroxylation is 1. The Hall–Kier alpha value is -3.22. The summed E-state index contributed by atoms with van der Waals surface area (Å²) in [6, 6.07) is 9.36. The van der Waals surface area contributed by atoms with E-state index in [1.807, 2.05) is 30.3 Å². The Morgan fingerprint density at radius 3 is 2.47 bits per heavy atom. The van der Waals surface area contributed by atoms with Crippen molar-refractivity contribution < 1.29 is 18.9 Å². The molecule has 0 unspecified atom stereocenters. The summed E-state index contributed by atoms with van der Waals surface area (Å²) in [4.78, 5) is 39.6. The molecule has 0 radical (unpaired) electrons. The first-order valence-corrected chi connectivity index (χ1v) is 10.4. The van der Waals surface area contributed by atoms with Crippen LogP contribution in [0.3, 0.4) is 0 Å². The number of hydrogen-bond donors (Lipinski definition) is 1. The lowest BCUT2D eigenvalue weighted by atomic mass is 9.85. The summed E-state index contributed by atoms with van der Waals surface area (Å²) in [7, 11) is 0. The van der Waals surface area contributed by atoms with Crippen molar-refractivity contribution in [2.24, 2.45) is 23.7 Å². The largest absolute Gasteiger partial charge is 0.355 e. The zero-order valence-corrected chi connectivity index (χ0v) is 16.7. The summed E-state index contributed by atoms with van der Waals surface area (Å²) >= 11 is 0. The van der Waals surface area contributed by atoms with Gasteiger partial charge in [0, 0.05) is 18.7 Å². The second kappa shape index (κ2) is 7.23. The molecule has 0 spiro atoms. The molecule has 154 valence electrons. The van der Waals surface area contributed by atoms with E-state index in [-0.39, 0.29) is 41.4 Å². The van der Waals surface area contributed by atoms with Gasteiger partial charge in [-0.3, -0.25) is 19.3 Å². The van der Waals surface area contributed by atoms with Crippen molar-refractivity contribution in [2.75, 3.05) is 13.1 Å². The molecule has 1 aliphatic heterocycles. The van der Waals surface area contributed by atoms with Crippen LogP contribution in [0, 0.1) is 30.6 Å². The molecule has 3 aliphatic rings. The molecule has 1 saturated heterocycles. The Labute approximate surface area is 174 Å². The summed E-state index contributed by atoms with van der Waals surface area (Å²) < 4.78 is 5.37. The molecule has 7 nitrogen and oxygen atoms in total. The van der Waals surface area contributed by atoms with Crippen molar-refractivity contribution in [3.05, 3.63) is 53.7 Å². The van der Waals surface area contributed by atoms with Crippen LogP contribution in [0.15, 0.2) is 47.0 Å². The smallest absolute Gasteiger partial charge is 0.257 e. The minimum atomic E-state index is -0.272. The summed E-state index contributed by atoms with van der Waals surface area (Å²) in [6.45, 7) is 2.42. The number of allylic oxidation sites excluding steroid dienone is 2. The van der Waals surface area contributed by atoms with Gasteiger partial charge in [0.05, 0.1) is 17.5 Å². The van der Waals surface area contributed by atoms with E-state index >= 15 is 0 Å². The van der Waals surface area contributed by atoms with Gasteiger partial charge in [0.15, 0.2) is 5.76 Å². The van der Waals surface area contributed by atoms with Gasteiger partial charge < -0.3 is 9.84 Å². The lowest BCUT2D eigenvalue weighted by Gasteiger charge is -2.17. The van der Waals surface area contributed by atoms with Crippen molar-refractivity contribution in [3.63, 3.8) is 0 Å². The van der Waals surface area contributed by atoms with Gasteiger partial charge in [-0.15, -0.1) is 0 Å². The number of benzene rings is 1. The minimum Gasteiger partial charge on any atom is -0.355 e. The Kier molecular flexibility index (Phi) is 4.53. The van der Waals surface area contributed by atoms with Gasteiger partial charge in [0.1, 0.15) is 5.56 Å². The number of amides is 3. The van der Waals surface area contributed by atoms with Crippen LogP contribution in [-0.2, 0) is 9.59 Å². The second-order valence-corrected chi connectivity index (χ2v) is 8.28. The molecule has 1 aromatic carbocycles. The van der Waals surface area contributed by atoms with Gasteiger partial charge in [0.25, 0.3) is 5.91 Å². The first-order chi connectivity index (χ1) is 14.6. The minimum absolute atomic E-state index is 0.0468. The normalized spacial score (nSPS) is 26.5. The number of fused-ring (bicyclic) bond motifs is 5. The molecule has 1 N–H and O–H groups in total. The van der Waals surface area contributed by atoms with Gasteiger partial charge in [-0.2, -0.15) is 0 Å². The molecule has 1 aromatic heterocycles. The Morgan fingerprint density at radius 1 is 1.13 bits per heavy atom. The van der Waals surface area contributed by atoms with Gasteiger partial charge in [-0.1, -0.05) is 47.6 Å². The van der Waals surface area contributed by atoms with Crippen LogP contribution in [0.4, 0.5) is 0 Å². The summed E-state index contributed by atoms with van der Waals surface area (Å²) in [6.07, 6.45) is 5.62. The summed E-state index contributed by atoms with van der Waals surface area (Å²) in [5, 5.41) is 6.81. The highest BCUT2D eigenvalue weighted by atomic mass is 16.5. The van der Waals surface area contributed by atoms with E-state index in [1.165, 1.54) is 4.90 Å². The lowest BCUT2D eigenvalue weighted by Crippen LogP contribution is -2.36. The zero-order valence-electron chi connectivity index (χ0n) is 16.7. The van der Waals surface area contributed by atoms with Crippen molar-refractivity contribution >= 4 is 17.7 Å². The van der Waals surface area contributed by atoms with Crippen molar-refractivity contribution in [1.82, 2.24) is 15.4 Å². The molecule has 2 aliphatic carbocycles. The van der Waals surface area contributed by atoms with Gasteiger partial charge >= 0.3 is 0 Å². The predicted molar refractivity (Wildman–Crippen MR) is 108 cm³/mol. The van der Waals surface area contributed by atoms with E-state index in [9.17, 15) is 14.4 Å². The van der Waals surface area contributed by atoms with E-state index < -0.39 is 0 Å². The number of nitrogens with zero attached hydrogens (tertiary/aromatic N) is 2. The third-order valence-corrected chi connectivity index (χ3v) is 6.53. The molecule has 30 heavy (non-hydrogen) atoms. The third-order valence-electron chi connectivity index (χ3n) is 6.53. The molecular formula is C23H23N3O4. The van der Waals surface area contributed by atoms with Gasteiger partial charge in [-0.25, -0.2) is 0 Å². The number of likely N-dealkylation sites (tertiary alicyclic amines) is 1. The molecule has 2 aromatic rings. The molecule has 7 heteroatoms. The number of aromatic nitrogens is 1. The van der Waals surface area contributed by atoms with Crippen LogP contribution in [0.5, 0.6) is 0 Å². The fourth-order valence-corrected chi connectivity index (χ4v) is 5.14. The number of hydrogen-bond acceptors (Lipinski definition) is 5. The maximum Gasteiger partial charge on any atom is 0.257 e. The Morgan fingerprint density at radius 2 is 1.80 bits per heavy atom. The monoisotopic (exact) mass is 405 g/mol. The first kappa shape index (κ1) is 18.8. The molecule has 2 bridgehead atoms. The fourth-order valence-electron chi connectivity index (χ4n) is 5.14. The van der Waals surface area contributed by atoms with Crippen LogP contribution < -0.4 is 5.32 Å². The average molecular weight is 405 g/mol. The molecule has 3 amide bonds. The molecular weight excluding hydrogens is 382 g/mol. The number of rotatable bonds is 6. The summed E-state index contributed by atoms with van der Waals surface area (Å²) in [5.41, 5.74) is 1.71. The van der Waals surface area contributed by atoms with Crippen LogP contribution in [0.2, 0.25) is 0 Å². The van der Waals surface area contributed by atoms with Crippen LogP contribution in [0.1, 0.15) is 28.9 Å². The van der Waals surface area contributed by atoms with Crippen molar-refractivity contribution in [1.29, 1.82) is 0 Å². The Bertz CT molecular complexity index is 1010. The number of imide groups is 1. The second-order valence-electron chi connectivity index (χ2n) is 8.28. The molecule has 1 saturated carbocycles. The van der Waals surface area contributed by atoms with E-state index in [0.717, 1.165) is 12.0 Å². The third kappa shape index (κ3) is 2.88. The highest BCUT2D eigenvalue weighted by Gasteiger charge is 2.58. The van der Waals surface area contributed by atoms with E-state index in [4.69, 9.17) is 4.52 Å². The lowest BCUT2D eigenvalue weighted by molar-refractivity contribution is -0.140. The van der Waals surface area contributed by atoms with Crippen molar-refractivity contribution in [2.45, 2.75) is 19.8 Å². The predicted octanol–water partition coefficient (Wildman–Crippen LogP) is 2.58. The zero-order chi connectivity index (χ0) is 20.8. The van der Waals surface area contributed by atoms with Gasteiger partial charge in [-0.05, 0) is 31.6 Å². The molecule has 2 fully saturated rings. The average Bonchev–Trinajstić information content (AvgIpc) is 3.51. The van der Waals surface area contributed by atoms with E-state index in [1.54, 1.807) is 6.92 Å². The fraction of sp³-hybridized carbons (Fsp3) is 0.391. The number of carbonyl (C=O) groups is 3. The highest BCUT2D eigenvalue weighted by Crippen LogP contribution is 2.52. The standard InChI is InChI=1S/C23H23N3O4/c1-13-17(20(30-25-13)14-6-3-2-4-7-14)21(27)24-10-5-11-26-22(28)18-15-8-9-16(12-15)19(18)23(26)29/h2-4,6-9,15-16,18-19H,5,10-12H2,1H3,(H,24,27)/t15-,16-,18-,19-/m0/s1. The van der Waals surface area contributed by atoms with E-state index in [2.05, 4.69) is 22.6 Å². The highest BCUT2D eigenvalue weighted by molar-refractivity contribution is 6.06. The van der Waals surface area contributed by atoms with Crippen LogP contribution in [-0.4, -0.2) is 40.9 Å². The van der Waals surface area contributed by atoms with Gasteiger partial charge in [0.2, 0.25) is 11.8 Å². The Balaban J connectivity index is 1.19. The maximum atomic E-state index is 12.7. The quantitative estimate of drug-likeness (QED) is 0.453. The van der Waals surface area contributed by atoms with Crippen LogP contribution in [0.25, 0.3) is 11.3 Å². The molecule has 4 atom stereocenters. The maximum absolute atomic E-state index is 12.7. The van der Waals surface area contributed by atoms with Crippen LogP contribution >= 0.6 is 0 Å². The van der Waals surface area contributed by atoms with E-state index in [0.29, 0.717) is 36.5 Å². The number of nitrogens with one attached hydrogen (secondary N) is 1. The SMILES string of the molecule is Cc1noc(-c2ccccc2)c1C(=O)NCCCN1C(=O)[C@@H]2[C@@H](C1=O)[C@H]1C=C[C@H]2C1. The summed E-state index contributed by atoms with van der Waals surface area (Å²) in [5.74, 6) is 0.162. The first-order valence-electron chi connectivity index (χ1n) is 10.4. The molecule has 5 rings (SSSR count). The van der Waals surface area contributed by atoms with Crippen molar-refractivity contribution in [3.8, 4) is 11.3 Å². The topological polar surface area (TPSA) is 92.5 Å². The number of carbonyl (C=O) groups excluding carboxylic acids is 3.